The molecule has 0 spiro atoms. The normalized spacial score (nSPS) is 16.3. The molecule has 27 heavy (non-hydrogen) atoms. The lowest BCUT2D eigenvalue weighted by molar-refractivity contribution is -0.159. The van der Waals surface area contributed by atoms with Crippen molar-refractivity contribution in [3.05, 3.63) is 65.7 Å². The van der Waals surface area contributed by atoms with Gasteiger partial charge in [-0.1, -0.05) is 42.5 Å². The van der Waals surface area contributed by atoms with Crippen LogP contribution in [0.2, 0.25) is 0 Å². The van der Waals surface area contributed by atoms with E-state index in [2.05, 4.69) is 66.5 Å². The summed E-state index contributed by atoms with van der Waals surface area (Å²) in [6.07, 6.45) is 3.52. The average Bonchev–Trinajstić information content (AvgIpc) is 3.07. The van der Waals surface area contributed by atoms with Crippen LogP contribution < -0.4 is 4.74 Å². The van der Waals surface area contributed by atoms with E-state index in [1.54, 1.807) is 0 Å². The van der Waals surface area contributed by atoms with Crippen LogP contribution in [-0.2, 0) is 16.0 Å². The van der Waals surface area contributed by atoms with Gasteiger partial charge < -0.3 is 19.8 Å². The van der Waals surface area contributed by atoms with Crippen LogP contribution in [0.1, 0.15) is 24.0 Å². The molecule has 2 N–H and O–H groups in total. The molecule has 1 atom stereocenters. The molecule has 1 saturated heterocycles. The number of hydrogen-bond donors (Lipinski definition) is 2. The molecule has 0 aliphatic carbocycles. The smallest absolute Gasteiger partial charge is 0.414 e. The molecule has 1 fully saturated rings. The Morgan fingerprint density at radius 1 is 1.00 bits per heavy atom. The summed E-state index contributed by atoms with van der Waals surface area (Å²) < 4.78 is 5.92. The number of likely N-dealkylation sites (N-methyl/N-ethyl adjacent to an activating group) is 1. The second kappa shape index (κ2) is 10.3. The van der Waals surface area contributed by atoms with Gasteiger partial charge in [0.25, 0.3) is 0 Å². The highest BCUT2D eigenvalue weighted by atomic mass is 16.5. The minimum absolute atomic E-state index is 0.578. The van der Waals surface area contributed by atoms with E-state index in [9.17, 15) is 0 Å². The minimum Gasteiger partial charge on any atom is -0.492 e. The summed E-state index contributed by atoms with van der Waals surface area (Å²) in [5.74, 6) is -2.67. The average molecular weight is 371 g/mol. The number of aliphatic carboxylic acids is 2. The van der Waals surface area contributed by atoms with Gasteiger partial charge in [-0.25, -0.2) is 9.59 Å². The predicted molar refractivity (Wildman–Crippen MR) is 102 cm³/mol. The first-order valence-electron chi connectivity index (χ1n) is 8.88. The molecule has 144 valence electrons. The summed E-state index contributed by atoms with van der Waals surface area (Å²) in [5, 5.41) is 14.8. The quantitative estimate of drug-likeness (QED) is 0.786. The van der Waals surface area contributed by atoms with E-state index in [-0.39, 0.29) is 0 Å². The first kappa shape index (κ1) is 20.5. The van der Waals surface area contributed by atoms with E-state index in [0.717, 1.165) is 18.8 Å². The third-order valence-corrected chi connectivity index (χ3v) is 4.47. The second-order valence-corrected chi connectivity index (χ2v) is 6.50. The Bertz CT molecular complexity index is 718. The lowest BCUT2D eigenvalue weighted by atomic mass is 10.1. The van der Waals surface area contributed by atoms with Crippen molar-refractivity contribution in [1.29, 1.82) is 0 Å². The number of hydrogen-bond acceptors (Lipinski definition) is 4. The molecule has 6 nitrogen and oxygen atoms in total. The molecule has 2 aromatic rings. The fourth-order valence-electron chi connectivity index (χ4n) is 2.92. The highest BCUT2D eigenvalue weighted by Gasteiger charge is 2.21. The molecule has 1 aliphatic heterocycles. The SMILES string of the molecule is CN1CCC[C@H]1COc1ccc(Cc2ccccc2)cc1.O=C(O)C(=O)O. The van der Waals surface area contributed by atoms with Crippen molar-refractivity contribution >= 4 is 11.9 Å². The zero-order valence-electron chi connectivity index (χ0n) is 15.4. The molecule has 6 heteroatoms. The third kappa shape index (κ3) is 7.11. The number of ether oxygens (including phenoxy) is 1. The molecule has 0 bridgehead atoms. The summed E-state index contributed by atoms with van der Waals surface area (Å²) in [5.41, 5.74) is 2.67. The van der Waals surface area contributed by atoms with Gasteiger partial charge in [-0.2, -0.15) is 0 Å². The summed E-state index contributed by atoms with van der Waals surface area (Å²) >= 11 is 0. The monoisotopic (exact) mass is 371 g/mol. The molecule has 2 aromatic carbocycles. The van der Waals surface area contributed by atoms with Gasteiger partial charge in [-0.15, -0.1) is 0 Å². The Morgan fingerprint density at radius 2 is 1.59 bits per heavy atom. The van der Waals surface area contributed by atoms with Crippen molar-refractivity contribution < 1.29 is 24.5 Å². The molecule has 0 unspecified atom stereocenters. The van der Waals surface area contributed by atoms with E-state index in [1.807, 2.05) is 0 Å². The van der Waals surface area contributed by atoms with Gasteiger partial charge in [0.1, 0.15) is 12.4 Å². The standard InChI is InChI=1S/C19H23NO.C2H2O4/c1-20-13-5-8-18(20)15-21-19-11-9-17(10-12-19)14-16-6-3-2-4-7-16;3-1(4)2(5)6/h2-4,6-7,9-12,18H,5,8,13-15H2,1H3;(H,3,4)(H,5,6)/t18-;/m0./s1. The number of carbonyl (C=O) groups is 2. The summed E-state index contributed by atoms with van der Waals surface area (Å²) in [7, 11) is 2.18. The van der Waals surface area contributed by atoms with Gasteiger partial charge in [0.15, 0.2) is 0 Å². The molecular formula is C21H25NO5. The number of benzene rings is 2. The summed E-state index contributed by atoms with van der Waals surface area (Å²) in [6.45, 7) is 2.00. The maximum absolute atomic E-state index is 9.10. The van der Waals surface area contributed by atoms with Crippen LogP contribution >= 0.6 is 0 Å². The van der Waals surface area contributed by atoms with Crippen molar-refractivity contribution in [2.75, 3.05) is 20.2 Å². The van der Waals surface area contributed by atoms with Crippen molar-refractivity contribution in [1.82, 2.24) is 4.90 Å². The lowest BCUT2D eigenvalue weighted by Crippen LogP contribution is -2.30. The van der Waals surface area contributed by atoms with E-state index >= 15 is 0 Å². The van der Waals surface area contributed by atoms with Gasteiger partial charge in [-0.05, 0) is 56.1 Å². The lowest BCUT2D eigenvalue weighted by Gasteiger charge is -2.19. The molecule has 0 aromatic heterocycles. The van der Waals surface area contributed by atoms with Crippen LogP contribution in [-0.4, -0.2) is 53.3 Å². The molecule has 0 radical (unpaired) electrons. The van der Waals surface area contributed by atoms with E-state index < -0.39 is 11.9 Å². The van der Waals surface area contributed by atoms with E-state index in [0.29, 0.717) is 6.04 Å². The third-order valence-electron chi connectivity index (χ3n) is 4.47. The number of likely N-dealkylation sites (tertiary alicyclic amines) is 1. The molecule has 1 aliphatic rings. The Balaban J connectivity index is 0.000000380. The van der Waals surface area contributed by atoms with E-state index in [4.69, 9.17) is 24.5 Å². The van der Waals surface area contributed by atoms with Crippen LogP contribution in [0.3, 0.4) is 0 Å². The maximum Gasteiger partial charge on any atom is 0.414 e. The number of rotatable bonds is 5. The number of nitrogens with zero attached hydrogens (tertiary/aromatic N) is 1. The Labute approximate surface area is 159 Å². The molecule has 0 saturated carbocycles. The van der Waals surface area contributed by atoms with Crippen LogP contribution in [0.4, 0.5) is 0 Å². The predicted octanol–water partition coefficient (Wildman–Crippen LogP) is 2.91. The Hall–Kier alpha value is -2.86. The summed E-state index contributed by atoms with van der Waals surface area (Å²) in [6, 6.07) is 19.7. The van der Waals surface area contributed by atoms with Crippen molar-refractivity contribution in [2.24, 2.45) is 0 Å². The Morgan fingerprint density at radius 3 is 2.11 bits per heavy atom. The van der Waals surface area contributed by atoms with Gasteiger partial charge in [0.2, 0.25) is 0 Å². The maximum atomic E-state index is 9.10. The van der Waals surface area contributed by atoms with Crippen LogP contribution in [0, 0.1) is 0 Å². The second-order valence-electron chi connectivity index (χ2n) is 6.50. The fraction of sp³-hybridized carbons (Fsp3) is 0.333. The molecule has 3 rings (SSSR count). The van der Waals surface area contributed by atoms with Crippen molar-refractivity contribution in [2.45, 2.75) is 25.3 Å². The zero-order chi connectivity index (χ0) is 19.6. The fourth-order valence-corrected chi connectivity index (χ4v) is 2.92. The van der Waals surface area contributed by atoms with Crippen LogP contribution in [0.25, 0.3) is 0 Å². The van der Waals surface area contributed by atoms with Crippen molar-refractivity contribution in [3.63, 3.8) is 0 Å². The summed E-state index contributed by atoms with van der Waals surface area (Å²) in [4.78, 5) is 20.6. The topological polar surface area (TPSA) is 87.1 Å². The zero-order valence-corrected chi connectivity index (χ0v) is 15.4. The largest absolute Gasteiger partial charge is 0.492 e. The van der Waals surface area contributed by atoms with Gasteiger partial charge in [0, 0.05) is 6.04 Å². The number of carboxylic acid groups (broad SMARTS) is 2. The number of carboxylic acids is 2. The Kier molecular flexibility index (Phi) is 7.82. The molecule has 0 amide bonds. The molecular weight excluding hydrogens is 346 g/mol. The highest BCUT2D eigenvalue weighted by Crippen LogP contribution is 2.19. The van der Waals surface area contributed by atoms with Crippen LogP contribution in [0.5, 0.6) is 5.75 Å². The van der Waals surface area contributed by atoms with E-state index in [1.165, 1.54) is 30.5 Å². The molecule has 1 heterocycles. The van der Waals surface area contributed by atoms with Gasteiger partial charge >= 0.3 is 11.9 Å². The van der Waals surface area contributed by atoms with Crippen molar-refractivity contribution in [3.8, 4) is 5.75 Å². The first-order chi connectivity index (χ1) is 13.0. The highest BCUT2D eigenvalue weighted by molar-refractivity contribution is 6.27. The van der Waals surface area contributed by atoms with Gasteiger partial charge in [0.05, 0.1) is 0 Å². The minimum atomic E-state index is -1.82. The van der Waals surface area contributed by atoms with Gasteiger partial charge in [-0.3, -0.25) is 0 Å². The van der Waals surface area contributed by atoms with Crippen LogP contribution in [0.15, 0.2) is 54.6 Å². The first-order valence-corrected chi connectivity index (χ1v) is 8.88.